The molecule has 144 valence electrons. The van der Waals surface area contributed by atoms with Gasteiger partial charge >= 0.3 is 5.97 Å². The summed E-state index contributed by atoms with van der Waals surface area (Å²) in [5, 5.41) is 3.54. The molecule has 0 spiro atoms. The molecule has 0 bridgehead atoms. The zero-order valence-corrected chi connectivity index (χ0v) is 16.8. The Labute approximate surface area is 163 Å². The van der Waals surface area contributed by atoms with Crippen molar-refractivity contribution in [3.05, 3.63) is 45.8 Å². The first-order valence-corrected chi connectivity index (χ1v) is 10.1. The van der Waals surface area contributed by atoms with Gasteiger partial charge in [-0.3, -0.25) is 4.79 Å². The number of anilines is 1. The van der Waals surface area contributed by atoms with Gasteiger partial charge in [-0.2, -0.15) is 0 Å². The maximum atomic E-state index is 12.5. The van der Waals surface area contributed by atoms with Crippen LogP contribution in [0.25, 0.3) is 0 Å². The van der Waals surface area contributed by atoms with E-state index in [9.17, 15) is 9.59 Å². The van der Waals surface area contributed by atoms with Crippen molar-refractivity contribution < 1.29 is 19.1 Å². The van der Waals surface area contributed by atoms with Gasteiger partial charge in [0.1, 0.15) is 10.8 Å². The van der Waals surface area contributed by atoms with E-state index in [1.165, 1.54) is 23.3 Å². The third kappa shape index (κ3) is 4.50. The summed E-state index contributed by atoms with van der Waals surface area (Å²) in [5.41, 5.74) is 2.47. The number of nitrogens with one attached hydrogen (secondary N) is 1. The lowest BCUT2D eigenvalue weighted by Gasteiger charge is -2.18. The van der Waals surface area contributed by atoms with Crippen LogP contribution < -0.4 is 10.1 Å². The van der Waals surface area contributed by atoms with Gasteiger partial charge in [-0.25, -0.2) is 4.79 Å². The van der Waals surface area contributed by atoms with E-state index in [2.05, 4.69) is 12.2 Å². The molecule has 1 aliphatic rings. The summed E-state index contributed by atoms with van der Waals surface area (Å²) < 4.78 is 10.4. The number of carbonyl (C=O) groups is 2. The largest absolute Gasteiger partial charge is 0.494 e. The van der Waals surface area contributed by atoms with E-state index in [0.717, 1.165) is 36.1 Å². The molecule has 1 aromatic carbocycles. The quantitative estimate of drug-likeness (QED) is 0.753. The Morgan fingerprint density at radius 2 is 2.00 bits per heavy atom. The van der Waals surface area contributed by atoms with Gasteiger partial charge in [0.05, 0.1) is 25.7 Å². The van der Waals surface area contributed by atoms with Crippen molar-refractivity contribution in [1.29, 1.82) is 0 Å². The van der Waals surface area contributed by atoms with Gasteiger partial charge in [-0.15, -0.1) is 11.3 Å². The molecule has 5 nitrogen and oxygen atoms in total. The van der Waals surface area contributed by atoms with Crippen molar-refractivity contribution in [2.24, 2.45) is 5.92 Å². The minimum absolute atomic E-state index is 0.143. The van der Waals surface area contributed by atoms with Crippen molar-refractivity contribution in [3.63, 3.8) is 0 Å². The van der Waals surface area contributed by atoms with Crippen molar-refractivity contribution in [2.75, 3.05) is 19.0 Å². The highest BCUT2D eigenvalue weighted by atomic mass is 32.1. The normalized spacial score (nSPS) is 15.7. The summed E-state index contributed by atoms with van der Waals surface area (Å²) in [6, 6.07) is 7.48. The molecule has 2 aromatic rings. The first-order chi connectivity index (χ1) is 13.0. The highest BCUT2D eigenvalue weighted by molar-refractivity contribution is 7.17. The number of thiophene rings is 1. The number of ether oxygens (including phenoxy) is 2. The number of hydrogen-bond donors (Lipinski definition) is 1. The Hall–Kier alpha value is -2.34. The van der Waals surface area contributed by atoms with E-state index in [0.29, 0.717) is 23.1 Å². The number of rotatable bonds is 6. The molecule has 1 amide bonds. The smallest absolute Gasteiger partial charge is 0.341 e. The first-order valence-electron chi connectivity index (χ1n) is 9.26. The van der Waals surface area contributed by atoms with E-state index >= 15 is 0 Å². The van der Waals surface area contributed by atoms with Crippen LogP contribution in [0.15, 0.2) is 24.3 Å². The fourth-order valence-corrected chi connectivity index (χ4v) is 4.80. The molecule has 1 N–H and O–H groups in total. The third-order valence-electron chi connectivity index (χ3n) is 4.75. The number of benzene rings is 1. The molecule has 27 heavy (non-hydrogen) atoms. The lowest BCUT2D eigenvalue weighted by molar-refractivity contribution is -0.115. The van der Waals surface area contributed by atoms with E-state index in [4.69, 9.17) is 9.47 Å². The van der Waals surface area contributed by atoms with Gasteiger partial charge in [0, 0.05) is 4.88 Å². The van der Waals surface area contributed by atoms with E-state index in [-0.39, 0.29) is 18.3 Å². The minimum Gasteiger partial charge on any atom is -0.494 e. The molecule has 6 heteroatoms. The van der Waals surface area contributed by atoms with Gasteiger partial charge in [0.25, 0.3) is 0 Å². The van der Waals surface area contributed by atoms with E-state index in [1.807, 2.05) is 31.2 Å². The second-order valence-electron chi connectivity index (χ2n) is 6.85. The Kier molecular flexibility index (Phi) is 6.16. The number of amides is 1. The minimum atomic E-state index is -0.376. The number of carbonyl (C=O) groups excluding carboxylic acids is 2. The summed E-state index contributed by atoms with van der Waals surface area (Å²) >= 11 is 1.50. The molecule has 0 saturated carbocycles. The van der Waals surface area contributed by atoms with E-state index in [1.54, 1.807) is 0 Å². The molecule has 1 atom stereocenters. The lowest BCUT2D eigenvalue weighted by atomic mass is 9.88. The SMILES string of the molecule is CCOc1ccc(CC(=O)Nc2sc3c(c2C(=O)OC)CC[C@H](C)C3)cc1. The Morgan fingerprint density at radius 3 is 2.67 bits per heavy atom. The number of methoxy groups -OCH3 is 1. The van der Waals surface area contributed by atoms with Gasteiger partial charge in [-0.05, 0) is 55.4 Å². The average Bonchev–Trinajstić information content (AvgIpc) is 2.99. The molecule has 3 rings (SSSR count). The van der Waals surface area contributed by atoms with E-state index < -0.39 is 0 Å². The summed E-state index contributed by atoms with van der Waals surface area (Å²) in [5.74, 6) is 0.859. The molecule has 0 radical (unpaired) electrons. The Bertz CT molecular complexity index is 825. The third-order valence-corrected chi connectivity index (χ3v) is 5.92. The van der Waals surface area contributed by atoms with Gasteiger partial charge < -0.3 is 14.8 Å². The predicted octanol–water partition coefficient (Wildman–Crippen LogP) is 4.24. The highest BCUT2D eigenvalue weighted by Crippen LogP contribution is 2.40. The summed E-state index contributed by atoms with van der Waals surface area (Å²) in [7, 11) is 1.38. The van der Waals surface area contributed by atoms with Crippen LogP contribution in [-0.4, -0.2) is 25.6 Å². The molecular formula is C21H25NO4S. The van der Waals surface area contributed by atoms with Crippen molar-refractivity contribution >= 4 is 28.2 Å². The van der Waals surface area contributed by atoms with Crippen LogP contribution in [0, 0.1) is 5.92 Å². The standard InChI is InChI=1S/C21H25NO4S/c1-4-26-15-8-6-14(7-9-15)12-18(23)22-20-19(21(24)25-3)16-10-5-13(2)11-17(16)27-20/h6-9,13H,4-5,10-12H2,1-3H3,(H,22,23)/t13-/m0/s1. The molecule has 1 heterocycles. The van der Waals surface area contributed by atoms with Crippen LogP contribution in [0.1, 0.15) is 46.6 Å². The molecule has 1 aromatic heterocycles. The number of esters is 1. The molecule has 0 aliphatic heterocycles. The maximum Gasteiger partial charge on any atom is 0.341 e. The van der Waals surface area contributed by atoms with Gasteiger partial charge in [0.15, 0.2) is 0 Å². The lowest BCUT2D eigenvalue weighted by Crippen LogP contribution is -2.17. The highest BCUT2D eigenvalue weighted by Gasteiger charge is 2.28. The number of fused-ring (bicyclic) bond motifs is 1. The molecule has 1 aliphatic carbocycles. The van der Waals surface area contributed by atoms with Crippen LogP contribution >= 0.6 is 11.3 Å². The Balaban J connectivity index is 1.76. The first kappa shape index (κ1) is 19.4. The van der Waals surface area contributed by atoms with Crippen LogP contribution in [-0.2, 0) is 28.8 Å². The summed E-state index contributed by atoms with van der Waals surface area (Å²) in [6.07, 6.45) is 3.09. The van der Waals surface area contributed by atoms with Crippen molar-refractivity contribution in [1.82, 2.24) is 0 Å². The fraction of sp³-hybridized carbons (Fsp3) is 0.429. The van der Waals surface area contributed by atoms with Gasteiger partial charge in [0.2, 0.25) is 5.91 Å². The maximum absolute atomic E-state index is 12.5. The zero-order chi connectivity index (χ0) is 19.4. The molecule has 0 fully saturated rings. The average molecular weight is 388 g/mol. The topological polar surface area (TPSA) is 64.6 Å². The monoisotopic (exact) mass is 387 g/mol. The van der Waals surface area contributed by atoms with Crippen LogP contribution in [0.5, 0.6) is 5.75 Å². The second-order valence-corrected chi connectivity index (χ2v) is 7.95. The van der Waals surface area contributed by atoms with Crippen molar-refractivity contribution in [3.8, 4) is 5.75 Å². The van der Waals surface area contributed by atoms with Crippen molar-refractivity contribution in [2.45, 2.75) is 39.5 Å². The predicted molar refractivity (Wildman–Crippen MR) is 107 cm³/mol. The van der Waals surface area contributed by atoms with Crippen LogP contribution in [0.2, 0.25) is 0 Å². The molecule has 0 saturated heterocycles. The van der Waals surface area contributed by atoms with Gasteiger partial charge in [-0.1, -0.05) is 19.1 Å². The van der Waals surface area contributed by atoms with Crippen LogP contribution in [0.4, 0.5) is 5.00 Å². The fourth-order valence-electron chi connectivity index (χ4n) is 3.38. The summed E-state index contributed by atoms with van der Waals surface area (Å²) in [4.78, 5) is 26.0. The zero-order valence-electron chi connectivity index (χ0n) is 16.0. The Morgan fingerprint density at radius 1 is 1.26 bits per heavy atom. The second kappa shape index (κ2) is 8.57. The number of hydrogen-bond acceptors (Lipinski definition) is 5. The molecule has 0 unspecified atom stereocenters. The molecular weight excluding hydrogens is 362 g/mol. The van der Waals surface area contributed by atoms with Crippen LogP contribution in [0.3, 0.4) is 0 Å². The summed E-state index contributed by atoms with van der Waals surface area (Å²) in [6.45, 7) is 4.75.